The van der Waals surface area contributed by atoms with Crippen LogP contribution in [-0.2, 0) is 4.74 Å². The fourth-order valence-electron chi connectivity index (χ4n) is 2.02. The molecule has 82 valence electrons. The molecule has 1 aliphatic heterocycles. The molecule has 1 aliphatic rings. The van der Waals surface area contributed by atoms with Gasteiger partial charge < -0.3 is 15.4 Å². The summed E-state index contributed by atoms with van der Waals surface area (Å²) in [6.07, 6.45) is 0. The molecule has 1 saturated heterocycles. The summed E-state index contributed by atoms with van der Waals surface area (Å²) in [5, 5.41) is 0. The van der Waals surface area contributed by atoms with Crippen molar-refractivity contribution in [2.24, 2.45) is 0 Å². The van der Waals surface area contributed by atoms with Crippen LogP contribution in [0, 0.1) is 13.8 Å². The predicted molar refractivity (Wildman–Crippen MR) is 63.4 cm³/mol. The van der Waals surface area contributed by atoms with Crippen LogP contribution in [-0.4, -0.2) is 26.3 Å². The Bertz CT molecular complexity index is 357. The first-order chi connectivity index (χ1) is 7.18. The minimum Gasteiger partial charge on any atom is -0.397 e. The lowest BCUT2D eigenvalue weighted by Gasteiger charge is -2.30. The molecule has 1 heterocycles. The van der Waals surface area contributed by atoms with E-state index < -0.39 is 0 Å². The number of hydrogen-bond donors (Lipinski definition) is 1. The van der Waals surface area contributed by atoms with Gasteiger partial charge in [0.2, 0.25) is 0 Å². The van der Waals surface area contributed by atoms with Gasteiger partial charge in [-0.2, -0.15) is 0 Å². The lowest BCUT2D eigenvalue weighted by atomic mass is 10.1. The highest BCUT2D eigenvalue weighted by Crippen LogP contribution is 2.28. The summed E-state index contributed by atoms with van der Waals surface area (Å²) in [5.41, 5.74) is 10.6. The SMILES string of the molecule is Cc1cc(C)c(N)c(N2CCOCC2)c1. The van der Waals surface area contributed by atoms with E-state index in [-0.39, 0.29) is 0 Å². The molecule has 0 atom stereocenters. The molecule has 3 nitrogen and oxygen atoms in total. The van der Waals surface area contributed by atoms with Gasteiger partial charge >= 0.3 is 0 Å². The first-order valence-electron chi connectivity index (χ1n) is 5.38. The molecule has 15 heavy (non-hydrogen) atoms. The molecule has 0 radical (unpaired) electrons. The highest BCUT2D eigenvalue weighted by Gasteiger charge is 2.14. The van der Waals surface area contributed by atoms with Crippen LogP contribution in [0.5, 0.6) is 0 Å². The van der Waals surface area contributed by atoms with E-state index in [0.29, 0.717) is 0 Å². The number of benzene rings is 1. The molecule has 1 aromatic rings. The van der Waals surface area contributed by atoms with Gasteiger partial charge in [-0.25, -0.2) is 0 Å². The molecule has 0 unspecified atom stereocenters. The summed E-state index contributed by atoms with van der Waals surface area (Å²) in [5.74, 6) is 0. The van der Waals surface area contributed by atoms with Crippen LogP contribution in [0.15, 0.2) is 12.1 Å². The van der Waals surface area contributed by atoms with E-state index in [2.05, 4.69) is 30.9 Å². The maximum Gasteiger partial charge on any atom is 0.0642 e. The monoisotopic (exact) mass is 206 g/mol. The molecule has 0 spiro atoms. The van der Waals surface area contributed by atoms with E-state index in [0.717, 1.165) is 43.2 Å². The topological polar surface area (TPSA) is 38.5 Å². The van der Waals surface area contributed by atoms with Crippen LogP contribution in [0.1, 0.15) is 11.1 Å². The van der Waals surface area contributed by atoms with Crippen LogP contribution in [0.2, 0.25) is 0 Å². The number of anilines is 2. The molecule has 2 N–H and O–H groups in total. The standard InChI is InChI=1S/C12H18N2O/c1-9-7-10(2)12(13)11(8-9)14-3-5-15-6-4-14/h7-8H,3-6,13H2,1-2H3. The Kier molecular flexibility index (Phi) is 2.82. The lowest BCUT2D eigenvalue weighted by molar-refractivity contribution is 0.123. The fourth-order valence-corrected chi connectivity index (χ4v) is 2.02. The summed E-state index contributed by atoms with van der Waals surface area (Å²) in [4.78, 5) is 2.30. The Hall–Kier alpha value is -1.22. The average molecular weight is 206 g/mol. The highest BCUT2D eigenvalue weighted by molar-refractivity contribution is 5.72. The van der Waals surface area contributed by atoms with Crippen molar-refractivity contribution in [3.8, 4) is 0 Å². The zero-order valence-corrected chi connectivity index (χ0v) is 9.42. The van der Waals surface area contributed by atoms with E-state index in [1.165, 1.54) is 5.56 Å². The van der Waals surface area contributed by atoms with Crippen molar-refractivity contribution in [2.75, 3.05) is 36.9 Å². The van der Waals surface area contributed by atoms with Gasteiger partial charge in [0.1, 0.15) is 0 Å². The van der Waals surface area contributed by atoms with E-state index >= 15 is 0 Å². The zero-order valence-electron chi connectivity index (χ0n) is 9.42. The highest BCUT2D eigenvalue weighted by atomic mass is 16.5. The second-order valence-corrected chi connectivity index (χ2v) is 4.11. The van der Waals surface area contributed by atoms with E-state index in [1.807, 2.05) is 0 Å². The van der Waals surface area contributed by atoms with Crippen LogP contribution in [0.25, 0.3) is 0 Å². The van der Waals surface area contributed by atoms with Gasteiger partial charge in [0.25, 0.3) is 0 Å². The molecule has 3 heteroatoms. The first-order valence-corrected chi connectivity index (χ1v) is 5.38. The summed E-state index contributed by atoms with van der Waals surface area (Å²) in [7, 11) is 0. The van der Waals surface area contributed by atoms with Crippen molar-refractivity contribution < 1.29 is 4.74 Å². The van der Waals surface area contributed by atoms with Crippen LogP contribution >= 0.6 is 0 Å². The smallest absolute Gasteiger partial charge is 0.0642 e. The average Bonchev–Trinajstić information content (AvgIpc) is 2.24. The molecular formula is C12H18N2O. The summed E-state index contributed by atoms with van der Waals surface area (Å²) < 4.78 is 5.34. The fraction of sp³-hybridized carbons (Fsp3) is 0.500. The minimum atomic E-state index is 0.798. The number of ether oxygens (including phenoxy) is 1. The first kappa shape index (κ1) is 10.3. The number of rotatable bonds is 1. The molecule has 0 amide bonds. The van der Waals surface area contributed by atoms with E-state index in [4.69, 9.17) is 10.5 Å². The second-order valence-electron chi connectivity index (χ2n) is 4.11. The molecule has 1 fully saturated rings. The van der Waals surface area contributed by atoms with Crippen molar-refractivity contribution in [3.63, 3.8) is 0 Å². The Morgan fingerprint density at radius 1 is 1.20 bits per heavy atom. The maximum atomic E-state index is 6.10. The molecular weight excluding hydrogens is 188 g/mol. The molecule has 0 aromatic heterocycles. The van der Waals surface area contributed by atoms with Crippen molar-refractivity contribution in [1.29, 1.82) is 0 Å². The Balaban J connectivity index is 2.33. The normalized spacial score (nSPS) is 16.8. The van der Waals surface area contributed by atoms with Crippen LogP contribution < -0.4 is 10.6 Å². The third-order valence-corrected chi connectivity index (χ3v) is 2.86. The number of hydrogen-bond acceptors (Lipinski definition) is 3. The third-order valence-electron chi connectivity index (χ3n) is 2.86. The molecule has 2 rings (SSSR count). The number of morpholine rings is 1. The van der Waals surface area contributed by atoms with Crippen molar-refractivity contribution in [2.45, 2.75) is 13.8 Å². The van der Waals surface area contributed by atoms with Gasteiger partial charge in [0.05, 0.1) is 24.6 Å². The summed E-state index contributed by atoms with van der Waals surface area (Å²) >= 11 is 0. The number of aryl methyl sites for hydroxylation is 2. The Morgan fingerprint density at radius 3 is 2.53 bits per heavy atom. The van der Waals surface area contributed by atoms with Gasteiger partial charge in [-0.3, -0.25) is 0 Å². The van der Waals surface area contributed by atoms with E-state index in [9.17, 15) is 0 Å². The molecule has 0 aliphatic carbocycles. The molecule has 1 aromatic carbocycles. The van der Waals surface area contributed by atoms with Crippen LogP contribution in [0.3, 0.4) is 0 Å². The summed E-state index contributed by atoms with van der Waals surface area (Å²) in [6.45, 7) is 7.64. The lowest BCUT2D eigenvalue weighted by Crippen LogP contribution is -2.36. The largest absolute Gasteiger partial charge is 0.397 e. The van der Waals surface area contributed by atoms with Gasteiger partial charge in [-0.15, -0.1) is 0 Å². The second kappa shape index (κ2) is 4.11. The third kappa shape index (κ3) is 2.07. The van der Waals surface area contributed by atoms with E-state index in [1.54, 1.807) is 0 Å². The molecule has 0 bridgehead atoms. The van der Waals surface area contributed by atoms with Gasteiger partial charge in [-0.05, 0) is 31.0 Å². The maximum absolute atomic E-state index is 6.10. The van der Waals surface area contributed by atoms with Gasteiger partial charge in [0, 0.05) is 13.1 Å². The quantitative estimate of drug-likeness (QED) is 0.711. The minimum absolute atomic E-state index is 0.798. The Morgan fingerprint density at radius 2 is 1.87 bits per heavy atom. The molecule has 0 saturated carbocycles. The van der Waals surface area contributed by atoms with Crippen molar-refractivity contribution >= 4 is 11.4 Å². The summed E-state index contributed by atoms with van der Waals surface area (Å²) in [6, 6.07) is 4.28. The number of nitrogens with two attached hydrogens (primary N) is 1. The van der Waals surface area contributed by atoms with Crippen molar-refractivity contribution in [3.05, 3.63) is 23.3 Å². The van der Waals surface area contributed by atoms with Gasteiger partial charge in [0.15, 0.2) is 0 Å². The van der Waals surface area contributed by atoms with Crippen molar-refractivity contribution in [1.82, 2.24) is 0 Å². The number of nitrogens with zero attached hydrogens (tertiary/aromatic N) is 1. The Labute approximate surface area is 90.8 Å². The van der Waals surface area contributed by atoms with Gasteiger partial charge in [-0.1, -0.05) is 6.07 Å². The number of nitrogen functional groups attached to an aromatic ring is 1. The zero-order chi connectivity index (χ0) is 10.8. The van der Waals surface area contributed by atoms with Crippen LogP contribution in [0.4, 0.5) is 11.4 Å². The predicted octanol–water partition coefficient (Wildman–Crippen LogP) is 1.72.